The molecule has 25 heavy (non-hydrogen) atoms. The first-order chi connectivity index (χ1) is 11.6. The molecule has 3 aliphatic rings. The maximum absolute atomic E-state index is 12.4. The van der Waals surface area contributed by atoms with Gasteiger partial charge in [-0.3, -0.25) is 4.79 Å². The van der Waals surface area contributed by atoms with Crippen LogP contribution in [0.5, 0.6) is 0 Å². The first kappa shape index (κ1) is 19.1. The normalized spacial score (nSPS) is 49.4. The van der Waals surface area contributed by atoms with Gasteiger partial charge in [-0.05, 0) is 78.6 Å². The lowest BCUT2D eigenvalue weighted by atomic mass is 9.47. The van der Waals surface area contributed by atoms with Crippen LogP contribution in [0, 0.1) is 46.3 Å². The van der Waals surface area contributed by atoms with E-state index >= 15 is 0 Å². The van der Waals surface area contributed by atoms with Gasteiger partial charge in [-0.2, -0.15) is 0 Å². The Morgan fingerprint density at radius 1 is 1.04 bits per heavy atom. The van der Waals surface area contributed by atoms with Crippen LogP contribution in [0.1, 0.15) is 73.1 Å². The summed E-state index contributed by atoms with van der Waals surface area (Å²) >= 11 is 0. The third kappa shape index (κ3) is 2.93. The molecule has 0 heterocycles. The predicted octanol–water partition coefficient (Wildman–Crippen LogP) is 5.25. The Morgan fingerprint density at radius 3 is 2.36 bits per heavy atom. The monoisotopic (exact) mass is 346 g/mol. The number of aliphatic hydroxyl groups excluding tert-OH is 1. The Morgan fingerprint density at radius 2 is 1.72 bits per heavy atom. The Balaban J connectivity index is 1.96. The smallest absolute Gasteiger partial charge is 0.160 e. The van der Waals surface area contributed by atoms with Gasteiger partial charge in [-0.25, -0.2) is 0 Å². The van der Waals surface area contributed by atoms with Gasteiger partial charge in [0.15, 0.2) is 5.78 Å². The van der Waals surface area contributed by atoms with Crippen LogP contribution >= 0.6 is 0 Å². The lowest BCUT2D eigenvalue weighted by Crippen LogP contribution is -2.56. The zero-order valence-corrected chi connectivity index (χ0v) is 16.9. The van der Waals surface area contributed by atoms with E-state index in [1.54, 1.807) is 0 Å². The van der Waals surface area contributed by atoms with Crippen LogP contribution in [0.3, 0.4) is 0 Å². The predicted molar refractivity (Wildman–Crippen MR) is 103 cm³/mol. The van der Waals surface area contributed by atoms with Crippen LogP contribution < -0.4 is 0 Å². The lowest BCUT2D eigenvalue weighted by molar-refractivity contribution is -0.155. The molecule has 1 N–H and O–H groups in total. The molecule has 0 aromatic heterocycles. The molecular formula is C23H38O2. The number of hydrogen-bond donors (Lipinski definition) is 1. The molecule has 2 bridgehead atoms. The molecule has 0 radical (unpaired) electrons. The summed E-state index contributed by atoms with van der Waals surface area (Å²) in [6, 6.07) is 0. The fourth-order valence-corrected chi connectivity index (χ4v) is 7.21. The van der Waals surface area contributed by atoms with Gasteiger partial charge < -0.3 is 5.11 Å². The molecule has 3 rings (SSSR count). The fourth-order valence-electron chi connectivity index (χ4n) is 7.21. The third-order valence-electron chi connectivity index (χ3n) is 8.98. The molecule has 0 aromatic carbocycles. The molecule has 3 aliphatic carbocycles. The van der Waals surface area contributed by atoms with Crippen molar-refractivity contribution in [1.82, 2.24) is 0 Å². The zero-order chi connectivity index (χ0) is 18.6. The van der Waals surface area contributed by atoms with Crippen molar-refractivity contribution in [2.75, 3.05) is 0 Å². The molecule has 142 valence electrons. The average Bonchev–Trinajstić information content (AvgIpc) is 2.55. The van der Waals surface area contributed by atoms with Crippen molar-refractivity contribution < 1.29 is 9.90 Å². The quantitative estimate of drug-likeness (QED) is 0.693. The van der Waals surface area contributed by atoms with Crippen LogP contribution in [0.4, 0.5) is 0 Å². The Labute approximate surface area is 154 Å². The summed E-state index contributed by atoms with van der Waals surface area (Å²) in [7, 11) is 0. The molecular weight excluding hydrogens is 308 g/mol. The molecule has 0 amide bonds. The van der Waals surface area contributed by atoms with E-state index in [-0.39, 0.29) is 17.1 Å². The summed E-state index contributed by atoms with van der Waals surface area (Å²) in [4.78, 5) is 12.4. The summed E-state index contributed by atoms with van der Waals surface area (Å²) in [6.45, 7) is 15.7. The highest BCUT2D eigenvalue weighted by Crippen LogP contribution is 2.61. The maximum Gasteiger partial charge on any atom is 0.160 e. The Bertz CT molecular complexity index is 536. The SMILES string of the molecule is C=CC(=O)C1C[C@@H](C)[C@H]2C[C@@H]3CC[C@@H](C)[C@H](CC[C@]2(C)C1O)C3(C)C. The van der Waals surface area contributed by atoms with Crippen molar-refractivity contribution in [2.24, 2.45) is 46.3 Å². The van der Waals surface area contributed by atoms with Gasteiger partial charge in [0.25, 0.3) is 0 Å². The zero-order valence-electron chi connectivity index (χ0n) is 16.9. The number of ketones is 1. The van der Waals surface area contributed by atoms with Gasteiger partial charge in [0.05, 0.1) is 6.10 Å². The van der Waals surface area contributed by atoms with E-state index in [4.69, 9.17) is 0 Å². The van der Waals surface area contributed by atoms with Gasteiger partial charge in [-0.1, -0.05) is 47.6 Å². The van der Waals surface area contributed by atoms with Gasteiger partial charge in [0.1, 0.15) is 0 Å². The second kappa shape index (κ2) is 6.51. The second-order valence-corrected chi connectivity index (χ2v) is 10.4. The van der Waals surface area contributed by atoms with Crippen LogP contribution in [0.15, 0.2) is 12.7 Å². The minimum Gasteiger partial charge on any atom is -0.392 e. The third-order valence-corrected chi connectivity index (χ3v) is 8.98. The van der Waals surface area contributed by atoms with Crippen molar-refractivity contribution in [2.45, 2.75) is 79.2 Å². The summed E-state index contributed by atoms with van der Waals surface area (Å²) in [5, 5.41) is 11.3. The van der Waals surface area contributed by atoms with Crippen LogP contribution in [0.2, 0.25) is 0 Å². The topological polar surface area (TPSA) is 37.3 Å². The van der Waals surface area contributed by atoms with Crippen molar-refractivity contribution in [3.63, 3.8) is 0 Å². The van der Waals surface area contributed by atoms with E-state index in [0.717, 1.165) is 30.6 Å². The number of aliphatic hydroxyl groups is 1. The highest BCUT2D eigenvalue weighted by atomic mass is 16.3. The van der Waals surface area contributed by atoms with Gasteiger partial charge in [-0.15, -0.1) is 0 Å². The molecule has 3 fully saturated rings. The number of rotatable bonds is 2. The highest BCUT2D eigenvalue weighted by Gasteiger charge is 2.56. The van der Waals surface area contributed by atoms with Crippen molar-refractivity contribution in [3.05, 3.63) is 12.7 Å². The number of allylic oxidation sites excluding steroid dienone is 1. The summed E-state index contributed by atoms with van der Waals surface area (Å²) in [5.74, 6) is 3.06. The van der Waals surface area contributed by atoms with Crippen LogP contribution in [0.25, 0.3) is 0 Å². The molecule has 0 saturated heterocycles. The van der Waals surface area contributed by atoms with E-state index in [1.807, 2.05) is 0 Å². The number of fused-ring (bicyclic) bond motifs is 3. The van der Waals surface area contributed by atoms with Crippen LogP contribution in [-0.4, -0.2) is 17.0 Å². The van der Waals surface area contributed by atoms with Crippen molar-refractivity contribution in [1.29, 1.82) is 0 Å². The number of carbonyl (C=O) groups is 1. The standard InChI is InChI=1S/C23H38O2/c1-7-20(24)17-12-15(3)19-13-16-9-8-14(2)18(22(16,4)5)10-11-23(19,6)21(17)25/h7,14-19,21,25H,1,8-13H2,2-6H3/t14-,15-,16+,17?,18+,19-,21?,23+/m1/s1. The van der Waals surface area contributed by atoms with Crippen molar-refractivity contribution >= 4 is 5.78 Å². The van der Waals surface area contributed by atoms with E-state index in [1.165, 1.54) is 31.8 Å². The minimum absolute atomic E-state index is 0.0370. The molecule has 2 nitrogen and oxygen atoms in total. The second-order valence-electron chi connectivity index (χ2n) is 10.4. The van der Waals surface area contributed by atoms with Crippen LogP contribution in [-0.2, 0) is 4.79 Å². The largest absolute Gasteiger partial charge is 0.392 e. The van der Waals surface area contributed by atoms with E-state index < -0.39 is 6.10 Å². The average molecular weight is 347 g/mol. The molecule has 8 atom stereocenters. The Kier molecular flexibility index (Phi) is 4.99. The molecule has 0 aromatic rings. The Hall–Kier alpha value is -0.630. The molecule has 0 aliphatic heterocycles. The molecule has 0 spiro atoms. The fraction of sp³-hybridized carbons (Fsp3) is 0.870. The molecule has 3 saturated carbocycles. The summed E-state index contributed by atoms with van der Waals surface area (Å²) < 4.78 is 0. The van der Waals surface area contributed by atoms with E-state index in [2.05, 4.69) is 41.2 Å². The summed E-state index contributed by atoms with van der Waals surface area (Å²) in [5.41, 5.74) is 0.266. The highest BCUT2D eigenvalue weighted by molar-refractivity contribution is 5.91. The number of hydrogen-bond acceptors (Lipinski definition) is 2. The first-order valence-electron chi connectivity index (χ1n) is 10.5. The first-order valence-corrected chi connectivity index (χ1v) is 10.5. The minimum atomic E-state index is -0.517. The van der Waals surface area contributed by atoms with Gasteiger partial charge in [0.2, 0.25) is 0 Å². The molecule has 2 heteroatoms. The van der Waals surface area contributed by atoms with E-state index in [9.17, 15) is 9.90 Å². The van der Waals surface area contributed by atoms with Gasteiger partial charge in [0, 0.05) is 5.92 Å². The number of carbonyl (C=O) groups excluding carboxylic acids is 1. The molecule has 2 unspecified atom stereocenters. The van der Waals surface area contributed by atoms with Gasteiger partial charge >= 0.3 is 0 Å². The van der Waals surface area contributed by atoms with E-state index in [0.29, 0.717) is 17.3 Å². The summed E-state index contributed by atoms with van der Waals surface area (Å²) in [6.07, 6.45) is 7.88. The van der Waals surface area contributed by atoms with Crippen molar-refractivity contribution in [3.8, 4) is 0 Å². The lowest BCUT2D eigenvalue weighted by Gasteiger charge is -2.59. The maximum atomic E-state index is 12.4.